The van der Waals surface area contributed by atoms with E-state index in [4.69, 9.17) is 16.2 Å². The Morgan fingerprint density at radius 2 is 1.55 bits per heavy atom. The van der Waals surface area contributed by atoms with Gasteiger partial charge in [0.1, 0.15) is 17.5 Å². The van der Waals surface area contributed by atoms with E-state index in [1.165, 1.54) is 38.5 Å². The number of aromatic hydroxyl groups is 1. The number of likely N-dealkylation sites (tertiary alicyclic amines) is 2. The Morgan fingerprint density at radius 1 is 0.939 bits per heavy atom. The van der Waals surface area contributed by atoms with E-state index < -0.39 is 0 Å². The van der Waals surface area contributed by atoms with E-state index in [-0.39, 0.29) is 23.0 Å². The Bertz CT molecular complexity index is 1100. The second-order valence-electron chi connectivity index (χ2n) is 9.48. The minimum absolute atomic E-state index is 0.0506. The number of nitrogens with zero attached hydrogens (tertiary/aromatic N) is 4. The number of phenolic OH excluding ortho intramolecular Hbond substituents is 1. The minimum Gasteiger partial charge on any atom is -0.504 e. The number of pyridine rings is 1. The van der Waals surface area contributed by atoms with Crippen molar-refractivity contribution in [2.75, 3.05) is 37.6 Å². The highest BCUT2D eigenvalue weighted by Gasteiger charge is 2.30. The predicted molar refractivity (Wildman–Crippen MR) is 127 cm³/mol. The van der Waals surface area contributed by atoms with E-state index >= 15 is 0 Å². The maximum atomic E-state index is 11.3. The molecule has 8 nitrogen and oxygen atoms in total. The van der Waals surface area contributed by atoms with Crippen molar-refractivity contribution < 1.29 is 9.84 Å². The number of rotatable bonds is 4. The summed E-state index contributed by atoms with van der Waals surface area (Å²) in [7, 11) is 0. The first-order valence-corrected chi connectivity index (χ1v) is 12.0. The molecular weight excluding hydrogens is 416 g/mol. The van der Waals surface area contributed by atoms with E-state index in [2.05, 4.69) is 26.9 Å². The molecule has 0 radical (unpaired) electrons. The fraction of sp³-hybridized carbons (Fsp3) is 0.520. The van der Waals surface area contributed by atoms with Gasteiger partial charge in [-0.2, -0.15) is 10.2 Å². The lowest BCUT2D eigenvalue weighted by Gasteiger charge is -2.31. The number of hydrogen-bond donors (Lipinski definition) is 3. The van der Waals surface area contributed by atoms with Crippen molar-refractivity contribution in [1.29, 1.82) is 5.26 Å². The van der Waals surface area contributed by atoms with Crippen LogP contribution in [0.25, 0.3) is 0 Å². The van der Waals surface area contributed by atoms with E-state index in [1.807, 2.05) is 0 Å². The summed E-state index contributed by atoms with van der Waals surface area (Å²) < 4.78 is 6.16. The molecule has 5 N–H and O–H groups in total. The maximum absolute atomic E-state index is 11.3. The largest absolute Gasteiger partial charge is 0.504 e. The minimum atomic E-state index is 0.0506. The first kappa shape index (κ1) is 21.8. The van der Waals surface area contributed by atoms with Crippen LogP contribution >= 0.6 is 0 Å². The van der Waals surface area contributed by atoms with Gasteiger partial charge in [-0.1, -0.05) is 12.8 Å². The van der Waals surface area contributed by atoms with Crippen molar-refractivity contribution in [2.24, 2.45) is 0 Å². The molecule has 0 spiro atoms. The number of nitriles is 1. The average molecular weight is 449 g/mol. The number of nitrogen functional groups attached to an aromatic ring is 2. The van der Waals surface area contributed by atoms with Crippen LogP contribution in [-0.4, -0.2) is 46.1 Å². The first-order chi connectivity index (χ1) is 16.0. The molecule has 3 aliphatic rings. The summed E-state index contributed by atoms with van der Waals surface area (Å²) >= 11 is 0. The summed E-state index contributed by atoms with van der Waals surface area (Å²) in [5, 5.41) is 20.7. The molecular formula is C25H32N6O2. The number of piperidine rings is 2. The molecule has 1 aromatic heterocycles. The highest BCUT2D eigenvalue weighted by molar-refractivity contribution is 5.73. The van der Waals surface area contributed by atoms with Gasteiger partial charge in [0, 0.05) is 36.2 Å². The lowest BCUT2D eigenvalue weighted by molar-refractivity contribution is 0.214. The highest BCUT2D eigenvalue weighted by Crippen LogP contribution is 2.47. The first-order valence-electron chi connectivity index (χ1n) is 12.0. The van der Waals surface area contributed by atoms with Gasteiger partial charge < -0.3 is 21.3 Å². The molecule has 0 amide bonds. The molecule has 0 saturated carbocycles. The molecule has 2 saturated heterocycles. The topological polar surface area (TPSA) is 125 Å². The summed E-state index contributed by atoms with van der Waals surface area (Å²) in [6, 6.07) is 4.20. The zero-order valence-electron chi connectivity index (χ0n) is 19.1. The summed E-state index contributed by atoms with van der Waals surface area (Å²) in [5.74, 6) is 0.965. The lowest BCUT2D eigenvalue weighted by Crippen LogP contribution is -2.31. The van der Waals surface area contributed by atoms with Gasteiger partial charge in [-0.15, -0.1) is 0 Å². The Hall–Kier alpha value is -3.02. The van der Waals surface area contributed by atoms with Crippen molar-refractivity contribution >= 4 is 11.5 Å². The van der Waals surface area contributed by atoms with Gasteiger partial charge in [-0.3, -0.25) is 9.80 Å². The van der Waals surface area contributed by atoms with Crippen molar-refractivity contribution in [2.45, 2.75) is 58.0 Å². The zero-order chi connectivity index (χ0) is 22.9. The average Bonchev–Trinajstić information content (AvgIpc) is 2.83. The van der Waals surface area contributed by atoms with Crippen molar-refractivity contribution in [3.05, 3.63) is 33.9 Å². The molecule has 8 heteroatoms. The summed E-state index contributed by atoms with van der Waals surface area (Å²) in [4.78, 5) is 9.17. The second kappa shape index (κ2) is 9.08. The number of benzene rings is 1. The molecule has 0 atom stereocenters. The molecule has 2 aromatic rings. The summed E-state index contributed by atoms with van der Waals surface area (Å²) in [6.07, 6.45) is 7.82. The molecule has 0 bridgehead atoms. The molecule has 0 aliphatic carbocycles. The van der Waals surface area contributed by atoms with Gasteiger partial charge in [0.05, 0.1) is 5.69 Å². The quantitative estimate of drug-likeness (QED) is 0.554. The molecule has 33 heavy (non-hydrogen) atoms. The fourth-order valence-electron chi connectivity index (χ4n) is 5.37. The SMILES string of the molecule is N#Cc1c(N)nc2c(c1N)Cc1c(CN3CCCCC3)cc(CN3CCCCC3)c(O)c1O2. The molecule has 1 aromatic carbocycles. The van der Waals surface area contributed by atoms with Crippen LogP contribution < -0.4 is 16.2 Å². The Morgan fingerprint density at radius 3 is 2.15 bits per heavy atom. The zero-order valence-corrected chi connectivity index (χ0v) is 19.1. The second-order valence-corrected chi connectivity index (χ2v) is 9.48. The van der Waals surface area contributed by atoms with E-state index in [9.17, 15) is 10.4 Å². The standard InChI is InChI=1S/C25H32N6O2/c26-13-20-21(27)19-12-18-16(14-30-7-3-1-4-8-30)11-17(15-31-9-5-2-6-10-31)22(32)23(18)33-25(19)29-24(20)28/h11,32H,1-10,12,14-15H2,(H4,27,28,29). The molecule has 2 fully saturated rings. The molecule has 5 rings (SSSR count). The fourth-order valence-corrected chi connectivity index (χ4v) is 5.37. The Labute approximate surface area is 194 Å². The van der Waals surface area contributed by atoms with Gasteiger partial charge in [0.25, 0.3) is 0 Å². The molecule has 4 heterocycles. The molecule has 0 unspecified atom stereocenters. The monoisotopic (exact) mass is 448 g/mol. The Balaban J connectivity index is 1.56. The third-order valence-corrected chi connectivity index (χ3v) is 7.21. The van der Waals surface area contributed by atoms with Crippen LogP contribution in [0.5, 0.6) is 17.4 Å². The van der Waals surface area contributed by atoms with Crippen molar-refractivity contribution in [1.82, 2.24) is 14.8 Å². The predicted octanol–water partition coefficient (Wildman–Crippen LogP) is 3.49. The number of phenols is 1. The molecule has 3 aliphatic heterocycles. The van der Waals surface area contributed by atoms with Crippen LogP contribution in [0.2, 0.25) is 0 Å². The number of aromatic nitrogens is 1. The van der Waals surface area contributed by atoms with E-state index in [0.717, 1.165) is 49.4 Å². The number of fused-ring (bicyclic) bond motifs is 2. The number of hydrogen-bond acceptors (Lipinski definition) is 8. The van der Waals surface area contributed by atoms with E-state index in [0.29, 0.717) is 30.0 Å². The number of nitrogens with two attached hydrogens (primary N) is 2. The normalized spacial score (nSPS) is 18.8. The van der Waals surface area contributed by atoms with Gasteiger partial charge in [-0.25, -0.2) is 0 Å². The maximum Gasteiger partial charge on any atom is 0.227 e. The van der Waals surface area contributed by atoms with Gasteiger partial charge >= 0.3 is 0 Å². The van der Waals surface area contributed by atoms with Gasteiger partial charge in [0.2, 0.25) is 5.88 Å². The number of ether oxygens (including phenoxy) is 1. The van der Waals surface area contributed by atoms with Crippen molar-refractivity contribution in [3.63, 3.8) is 0 Å². The summed E-state index contributed by atoms with van der Waals surface area (Å²) in [6.45, 7) is 5.76. The smallest absolute Gasteiger partial charge is 0.227 e. The third-order valence-electron chi connectivity index (χ3n) is 7.21. The van der Waals surface area contributed by atoms with Crippen LogP contribution in [0.3, 0.4) is 0 Å². The van der Waals surface area contributed by atoms with Crippen LogP contribution in [0, 0.1) is 11.3 Å². The van der Waals surface area contributed by atoms with Gasteiger partial charge in [-0.05, 0) is 63.5 Å². The number of anilines is 2. The van der Waals surface area contributed by atoms with Crippen LogP contribution in [0.15, 0.2) is 6.07 Å². The van der Waals surface area contributed by atoms with Crippen LogP contribution in [-0.2, 0) is 19.5 Å². The third kappa shape index (κ3) is 4.19. The van der Waals surface area contributed by atoms with Crippen molar-refractivity contribution in [3.8, 4) is 23.4 Å². The summed E-state index contributed by atoms with van der Waals surface area (Å²) in [5.41, 5.74) is 16.4. The van der Waals surface area contributed by atoms with E-state index in [1.54, 1.807) is 0 Å². The Kier molecular flexibility index (Phi) is 6.00. The van der Waals surface area contributed by atoms with Crippen LogP contribution in [0.4, 0.5) is 11.5 Å². The van der Waals surface area contributed by atoms with Crippen LogP contribution in [0.1, 0.15) is 66.3 Å². The highest BCUT2D eigenvalue weighted by atomic mass is 16.5. The molecule has 174 valence electrons. The van der Waals surface area contributed by atoms with Gasteiger partial charge in [0.15, 0.2) is 11.5 Å². The lowest BCUT2D eigenvalue weighted by atomic mass is 9.91.